The molecular weight excluding hydrogens is 737 g/mol. The van der Waals surface area contributed by atoms with Gasteiger partial charge in [0.1, 0.15) is 0 Å². The molecule has 0 N–H and O–H groups in total. The summed E-state index contributed by atoms with van der Waals surface area (Å²) in [6.45, 7) is 6.17. The molecule has 0 radical (unpaired) electrons. The van der Waals surface area contributed by atoms with Crippen LogP contribution in [-0.4, -0.2) is 4.57 Å². The maximum atomic E-state index is 3.98. The van der Waals surface area contributed by atoms with Crippen molar-refractivity contribution in [2.45, 2.75) is 19.8 Å². The number of hydrogen-bond acceptors (Lipinski definition) is 1. The fourth-order valence-electron chi connectivity index (χ4n) is 9.12. The van der Waals surface area contributed by atoms with Crippen molar-refractivity contribution in [1.29, 1.82) is 0 Å². The monoisotopic (exact) mass is 780 g/mol. The molecule has 0 aliphatic heterocycles. The fraction of sp³-hybridized carbons (Fsp3) is 0.0508. The van der Waals surface area contributed by atoms with Gasteiger partial charge in [0.25, 0.3) is 0 Å². The van der Waals surface area contributed by atoms with E-state index in [1.807, 2.05) is 6.08 Å². The van der Waals surface area contributed by atoms with Crippen molar-refractivity contribution in [2.75, 3.05) is 4.90 Å². The van der Waals surface area contributed by atoms with Crippen molar-refractivity contribution >= 4 is 44.9 Å². The Morgan fingerprint density at radius 2 is 0.885 bits per heavy atom. The SMILES string of the molecule is C=Cc1ccc(N(c2ccc(-c3cccc(-c4ccccc4)c3)cc2)c2ccc(-c3cccc(-c4ccc5c(c4)c4cc(C)ccc4n5-c4ccc5c(c4)CC5)c3)cc2)cc1. The van der Waals surface area contributed by atoms with E-state index in [2.05, 4.69) is 229 Å². The molecule has 0 spiro atoms. The molecule has 61 heavy (non-hydrogen) atoms. The van der Waals surface area contributed by atoms with Gasteiger partial charge < -0.3 is 9.47 Å². The Kier molecular flexibility index (Phi) is 9.05. The molecule has 1 aliphatic rings. The summed E-state index contributed by atoms with van der Waals surface area (Å²) in [5, 5.41) is 2.57. The topological polar surface area (TPSA) is 8.17 Å². The minimum Gasteiger partial charge on any atom is -0.311 e. The number of rotatable bonds is 9. The third-order valence-electron chi connectivity index (χ3n) is 12.5. The van der Waals surface area contributed by atoms with Gasteiger partial charge in [-0.15, -0.1) is 0 Å². The van der Waals surface area contributed by atoms with Gasteiger partial charge in [0.2, 0.25) is 0 Å². The molecule has 0 amide bonds. The van der Waals surface area contributed by atoms with Crippen LogP contribution in [0.4, 0.5) is 17.1 Å². The van der Waals surface area contributed by atoms with E-state index in [-0.39, 0.29) is 0 Å². The quantitative estimate of drug-likeness (QED) is 0.142. The van der Waals surface area contributed by atoms with Gasteiger partial charge in [-0.3, -0.25) is 0 Å². The van der Waals surface area contributed by atoms with Gasteiger partial charge in [-0.25, -0.2) is 0 Å². The van der Waals surface area contributed by atoms with E-state index in [1.165, 1.54) is 102 Å². The van der Waals surface area contributed by atoms with Crippen LogP contribution in [0.25, 0.3) is 78.1 Å². The second kappa shape index (κ2) is 15.2. The van der Waals surface area contributed by atoms with Crippen molar-refractivity contribution in [1.82, 2.24) is 4.57 Å². The largest absolute Gasteiger partial charge is 0.311 e. The van der Waals surface area contributed by atoms with E-state index in [9.17, 15) is 0 Å². The molecule has 1 heterocycles. The molecule has 1 aromatic heterocycles. The van der Waals surface area contributed by atoms with Crippen LogP contribution in [-0.2, 0) is 12.8 Å². The van der Waals surface area contributed by atoms with Crippen LogP contribution in [0.3, 0.4) is 0 Å². The van der Waals surface area contributed by atoms with Crippen LogP contribution in [0.1, 0.15) is 22.3 Å². The van der Waals surface area contributed by atoms with Gasteiger partial charge in [0.05, 0.1) is 11.0 Å². The van der Waals surface area contributed by atoms with E-state index >= 15 is 0 Å². The molecule has 2 nitrogen and oxygen atoms in total. The van der Waals surface area contributed by atoms with Gasteiger partial charge >= 0.3 is 0 Å². The summed E-state index contributed by atoms with van der Waals surface area (Å²) in [4.78, 5) is 2.33. The lowest BCUT2D eigenvalue weighted by Crippen LogP contribution is -2.09. The van der Waals surface area contributed by atoms with Crippen LogP contribution in [0.2, 0.25) is 0 Å². The number of fused-ring (bicyclic) bond motifs is 4. The van der Waals surface area contributed by atoms with E-state index in [1.54, 1.807) is 0 Å². The van der Waals surface area contributed by atoms with Crippen molar-refractivity contribution in [3.63, 3.8) is 0 Å². The minimum atomic E-state index is 1.09. The molecule has 0 unspecified atom stereocenters. The maximum absolute atomic E-state index is 3.98. The van der Waals surface area contributed by atoms with Crippen LogP contribution >= 0.6 is 0 Å². The zero-order chi connectivity index (χ0) is 40.9. The molecule has 0 saturated carbocycles. The van der Waals surface area contributed by atoms with Gasteiger partial charge in [0.15, 0.2) is 0 Å². The third kappa shape index (κ3) is 6.73. The summed E-state index contributed by atoms with van der Waals surface area (Å²) in [7, 11) is 0. The number of anilines is 3. The van der Waals surface area contributed by atoms with E-state index in [0.717, 1.165) is 22.6 Å². The molecule has 9 aromatic carbocycles. The standard InChI is InChI=1S/C59H44N2/c1-3-41-16-26-52(27-17-41)60(53-28-20-44(21-29-53)47-12-7-11-46(36-47)42-9-5-4-6-10-42)54-30-22-45(23-31-54)48-13-8-14-49(37-48)51-25-34-59-57(39-51)56-35-40(2)15-33-58(56)61(59)55-32-24-43-18-19-50(43)38-55/h3-17,20-39H,1,18-19H2,2H3. The van der Waals surface area contributed by atoms with Gasteiger partial charge in [-0.05, 0) is 166 Å². The Hall–Kier alpha value is -7.68. The first-order chi connectivity index (χ1) is 30.1. The van der Waals surface area contributed by atoms with E-state index < -0.39 is 0 Å². The molecule has 0 atom stereocenters. The molecule has 0 bridgehead atoms. The number of nitrogens with zero attached hydrogens (tertiary/aromatic N) is 2. The molecule has 11 rings (SSSR count). The van der Waals surface area contributed by atoms with Crippen LogP contribution in [0, 0.1) is 6.92 Å². The van der Waals surface area contributed by atoms with Crippen LogP contribution in [0.15, 0.2) is 213 Å². The van der Waals surface area contributed by atoms with Gasteiger partial charge in [-0.1, -0.05) is 140 Å². The normalized spacial score (nSPS) is 12.0. The highest BCUT2D eigenvalue weighted by Gasteiger charge is 2.18. The van der Waals surface area contributed by atoms with Gasteiger partial charge in [-0.2, -0.15) is 0 Å². The minimum absolute atomic E-state index is 1.09. The van der Waals surface area contributed by atoms with E-state index in [4.69, 9.17) is 0 Å². The third-order valence-corrected chi connectivity index (χ3v) is 12.5. The molecule has 0 saturated heterocycles. The number of hydrogen-bond donors (Lipinski definition) is 0. The highest BCUT2D eigenvalue weighted by molar-refractivity contribution is 6.10. The Morgan fingerprint density at radius 1 is 0.410 bits per heavy atom. The van der Waals surface area contributed by atoms with Crippen LogP contribution in [0.5, 0.6) is 0 Å². The van der Waals surface area contributed by atoms with Gasteiger partial charge in [0, 0.05) is 33.5 Å². The maximum Gasteiger partial charge on any atom is 0.0541 e. The summed E-state index contributed by atoms with van der Waals surface area (Å²) in [6, 6.07) is 75.6. The molecule has 2 heteroatoms. The number of benzene rings is 9. The molecule has 290 valence electrons. The van der Waals surface area contributed by atoms with Crippen molar-refractivity contribution in [3.8, 4) is 50.2 Å². The zero-order valence-corrected chi connectivity index (χ0v) is 34.2. The molecule has 0 fully saturated rings. The number of aromatic nitrogens is 1. The molecule has 10 aromatic rings. The van der Waals surface area contributed by atoms with Crippen molar-refractivity contribution in [2.24, 2.45) is 0 Å². The Bertz CT molecular complexity index is 3240. The van der Waals surface area contributed by atoms with Crippen LogP contribution < -0.4 is 4.90 Å². The first-order valence-electron chi connectivity index (χ1n) is 21.2. The lowest BCUT2D eigenvalue weighted by molar-refractivity contribution is 0.836. The first-order valence-corrected chi connectivity index (χ1v) is 21.2. The van der Waals surface area contributed by atoms with E-state index in [0.29, 0.717) is 0 Å². The second-order valence-corrected chi connectivity index (χ2v) is 16.3. The smallest absolute Gasteiger partial charge is 0.0541 e. The average Bonchev–Trinajstić information content (AvgIpc) is 3.63. The average molecular weight is 781 g/mol. The van der Waals surface area contributed by atoms with Crippen molar-refractivity contribution in [3.05, 3.63) is 235 Å². The first kappa shape index (κ1) is 36.4. The summed E-state index contributed by atoms with van der Waals surface area (Å²) in [5.74, 6) is 0. The summed E-state index contributed by atoms with van der Waals surface area (Å²) in [5.41, 5.74) is 21.9. The zero-order valence-electron chi connectivity index (χ0n) is 34.2. The molecular formula is C59H44N2. The summed E-state index contributed by atoms with van der Waals surface area (Å²) < 4.78 is 2.45. The van der Waals surface area contributed by atoms with Crippen molar-refractivity contribution < 1.29 is 0 Å². The Morgan fingerprint density at radius 3 is 1.44 bits per heavy atom. The highest BCUT2D eigenvalue weighted by atomic mass is 15.1. The Labute approximate surface area is 358 Å². The summed E-state index contributed by atoms with van der Waals surface area (Å²) >= 11 is 0. The Balaban J connectivity index is 0.919. The predicted octanol–water partition coefficient (Wildman–Crippen LogP) is 16.0. The molecule has 1 aliphatic carbocycles. The fourth-order valence-corrected chi connectivity index (χ4v) is 9.12. The lowest BCUT2D eigenvalue weighted by Gasteiger charge is -2.26. The summed E-state index contributed by atoms with van der Waals surface area (Å²) in [6.07, 6.45) is 4.25. The number of aryl methyl sites for hydroxylation is 3. The lowest BCUT2D eigenvalue weighted by atomic mass is 9.88. The second-order valence-electron chi connectivity index (χ2n) is 16.3. The highest BCUT2D eigenvalue weighted by Crippen LogP contribution is 2.40. The predicted molar refractivity (Wildman–Crippen MR) is 259 cm³/mol.